The monoisotopic (exact) mass is 583 g/mol. The van der Waals surface area contributed by atoms with Crippen LogP contribution in [-0.2, 0) is 0 Å². The Bertz CT molecular complexity index is 2730. The molecule has 0 saturated heterocycles. The number of hydrogen-bond donors (Lipinski definition) is 0. The van der Waals surface area contributed by atoms with Gasteiger partial charge in [-0.3, -0.25) is 4.57 Å². The lowest BCUT2D eigenvalue weighted by molar-refractivity contribution is 1.08. The third kappa shape index (κ3) is 3.18. The summed E-state index contributed by atoms with van der Waals surface area (Å²) in [5.41, 5.74) is 4.37. The van der Waals surface area contributed by atoms with Gasteiger partial charge in [0.2, 0.25) is 0 Å². The van der Waals surface area contributed by atoms with E-state index in [2.05, 4.69) is 126 Å². The number of hydrogen-bond acceptors (Lipinski definition) is 4. The normalized spacial score (nSPS) is 12.2. The Balaban J connectivity index is 1.49. The number of aromatic nitrogens is 3. The topological polar surface area (TPSA) is 30.7 Å². The molecule has 0 unspecified atom stereocenters. The summed E-state index contributed by atoms with van der Waals surface area (Å²) in [6.07, 6.45) is 0. The summed E-state index contributed by atoms with van der Waals surface area (Å²) in [5, 5.41) is 8.85. The quantitative estimate of drug-likeness (QED) is 0.203. The molecule has 0 saturated carbocycles. The average molecular weight is 584 g/mol. The van der Waals surface area contributed by atoms with E-state index in [-0.39, 0.29) is 0 Å². The SMILES string of the molecule is c1ccc(-c2nc(-n3c4ccccc4c4c5c6ccccc6sc5c5ccccc5c43)c3sc4ccccc4c3n2)cc1. The third-order valence-corrected chi connectivity index (χ3v) is 11.0. The highest BCUT2D eigenvalue weighted by molar-refractivity contribution is 7.27. The van der Waals surface area contributed by atoms with Crippen LogP contribution in [0.2, 0.25) is 0 Å². The van der Waals surface area contributed by atoms with Gasteiger partial charge in [0.05, 0.1) is 21.3 Å². The Morgan fingerprint density at radius 2 is 1.07 bits per heavy atom. The second-order valence-electron chi connectivity index (χ2n) is 10.9. The van der Waals surface area contributed by atoms with Crippen molar-refractivity contribution in [3.63, 3.8) is 0 Å². The molecule has 0 fully saturated rings. The Morgan fingerprint density at radius 3 is 1.88 bits per heavy atom. The van der Waals surface area contributed by atoms with Gasteiger partial charge >= 0.3 is 0 Å². The third-order valence-electron chi connectivity index (χ3n) is 8.59. The Morgan fingerprint density at radius 1 is 0.465 bits per heavy atom. The van der Waals surface area contributed by atoms with Gasteiger partial charge in [-0.05, 0) is 18.2 Å². The van der Waals surface area contributed by atoms with Gasteiger partial charge in [-0.15, -0.1) is 22.7 Å². The molecule has 0 aliphatic rings. The zero-order chi connectivity index (χ0) is 28.1. The Labute approximate surface area is 253 Å². The fourth-order valence-corrected chi connectivity index (χ4v) is 9.15. The zero-order valence-electron chi connectivity index (χ0n) is 22.8. The lowest BCUT2D eigenvalue weighted by atomic mass is 10.00. The minimum atomic E-state index is 0.740. The molecule has 10 aromatic rings. The number of fused-ring (bicyclic) bond motifs is 13. The van der Waals surface area contributed by atoms with Crippen molar-refractivity contribution < 1.29 is 0 Å². The molecule has 0 N–H and O–H groups in total. The summed E-state index contributed by atoms with van der Waals surface area (Å²) in [7, 11) is 0. The second-order valence-corrected chi connectivity index (χ2v) is 13.0. The van der Waals surface area contributed by atoms with Crippen LogP contribution in [0.5, 0.6) is 0 Å². The summed E-state index contributed by atoms with van der Waals surface area (Å²) in [6, 6.07) is 45.4. The van der Waals surface area contributed by atoms with Crippen LogP contribution in [0.15, 0.2) is 127 Å². The summed E-state index contributed by atoms with van der Waals surface area (Å²) < 4.78 is 7.39. The highest BCUT2D eigenvalue weighted by atomic mass is 32.1. The minimum Gasteiger partial charge on any atom is -0.292 e. The first-order valence-electron chi connectivity index (χ1n) is 14.4. The van der Waals surface area contributed by atoms with E-state index in [4.69, 9.17) is 9.97 Å². The highest BCUT2D eigenvalue weighted by Crippen LogP contribution is 2.49. The molecule has 6 aromatic carbocycles. The number of thiophene rings is 2. The summed E-state index contributed by atoms with van der Waals surface area (Å²) in [4.78, 5) is 10.6. The van der Waals surface area contributed by atoms with Gasteiger partial charge in [-0.1, -0.05) is 109 Å². The van der Waals surface area contributed by atoms with E-state index >= 15 is 0 Å². The van der Waals surface area contributed by atoms with E-state index in [1.54, 1.807) is 11.3 Å². The number of rotatable bonds is 2. The molecule has 4 aromatic heterocycles. The maximum absolute atomic E-state index is 5.41. The van der Waals surface area contributed by atoms with Gasteiger partial charge in [0.15, 0.2) is 11.6 Å². The molecule has 3 nitrogen and oxygen atoms in total. The largest absolute Gasteiger partial charge is 0.292 e. The van der Waals surface area contributed by atoms with E-state index in [0.29, 0.717) is 0 Å². The maximum Gasteiger partial charge on any atom is 0.162 e. The molecule has 0 amide bonds. The summed E-state index contributed by atoms with van der Waals surface area (Å²) >= 11 is 3.67. The molecular formula is C38H21N3S2. The molecule has 0 atom stereocenters. The van der Waals surface area contributed by atoms with Crippen LogP contribution in [0.3, 0.4) is 0 Å². The van der Waals surface area contributed by atoms with Crippen LogP contribution in [0.25, 0.3) is 90.3 Å². The number of para-hydroxylation sites is 1. The highest BCUT2D eigenvalue weighted by Gasteiger charge is 2.24. The molecule has 0 aliphatic heterocycles. The molecule has 5 heteroatoms. The van der Waals surface area contributed by atoms with Crippen molar-refractivity contribution in [3.05, 3.63) is 127 Å². The number of benzene rings is 6. The summed E-state index contributed by atoms with van der Waals surface area (Å²) in [6.45, 7) is 0. The van der Waals surface area contributed by atoms with Crippen molar-refractivity contribution in [2.24, 2.45) is 0 Å². The van der Waals surface area contributed by atoms with E-state index in [9.17, 15) is 0 Å². The maximum atomic E-state index is 5.41. The predicted octanol–water partition coefficient (Wildman–Crippen LogP) is 11.1. The zero-order valence-corrected chi connectivity index (χ0v) is 24.4. The fourth-order valence-electron chi connectivity index (χ4n) is 6.78. The van der Waals surface area contributed by atoms with Gasteiger partial charge in [0.1, 0.15) is 0 Å². The number of nitrogens with zero attached hydrogens (tertiary/aromatic N) is 3. The van der Waals surface area contributed by atoms with Gasteiger partial charge in [0.25, 0.3) is 0 Å². The first-order valence-corrected chi connectivity index (χ1v) is 16.0. The van der Waals surface area contributed by atoms with Crippen LogP contribution in [0.1, 0.15) is 0 Å². The van der Waals surface area contributed by atoms with Gasteiger partial charge in [0, 0.05) is 57.4 Å². The lowest BCUT2D eigenvalue weighted by Gasteiger charge is -2.12. The van der Waals surface area contributed by atoms with E-state index in [0.717, 1.165) is 32.9 Å². The van der Waals surface area contributed by atoms with E-state index in [1.165, 1.54) is 57.3 Å². The van der Waals surface area contributed by atoms with E-state index in [1.807, 2.05) is 17.4 Å². The molecule has 0 spiro atoms. The van der Waals surface area contributed by atoms with E-state index < -0.39 is 0 Å². The van der Waals surface area contributed by atoms with Crippen molar-refractivity contribution in [1.29, 1.82) is 0 Å². The minimum absolute atomic E-state index is 0.740. The van der Waals surface area contributed by atoms with Crippen LogP contribution in [0, 0.1) is 0 Å². The van der Waals surface area contributed by atoms with Gasteiger partial charge in [-0.2, -0.15) is 0 Å². The molecule has 0 bridgehead atoms. The Hall–Kier alpha value is -5.10. The first kappa shape index (κ1) is 23.5. The van der Waals surface area contributed by atoms with Crippen LogP contribution < -0.4 is 0 Å². The smallest absolute Gasteiger partial charge is 0.162 e. The molecule has 10 rings (SSSR count). The van der Waals surface area contributed by atoms with Crippen LogP contribution in [0.4, 0.5) is 0 Å². The first-order chi connectivity index (χ1) is 21.3. The fraction of sp³-hybridized carbons (Fsp3) is 0. The van der Waals surface area contributed by atoms with Crippen molar-refractivity contribution in [1.82, 2.24) is 14.5 Å². The van der Waals surface area contributed by atoms with Gasteiger partial charge in [-0.25, -0.2) is 9.97 Å². The molecule has 43 heavy (non-hydrogen) atoms. The molecule has 4 heterocycles. The average Bonchev–Trinajstić information content (AvgIpc) is 3.75. The van der Waals surface area contributed by atoms with Crippen molar-refractivity contribution in [3.8, 4) is 17.2 Å². The van der Waals surface area contributed by atoms with Crippen molar-refractivity contribution in [2.45, 2.75) is 0 Å². The molecular weight excluding hydrogens is 563 g/mol. The standard InChI is InChI=1S/C38H21N3S2/c1-2-12-22(13-3-1)37-39-33-27-18-8-11-21-30(27)43-36(33)38(40-37)41-28-19-9-6-16-25(28)31-32-26-17-7-10-20-29(26)42-35(32)24-15-5-4-14-23(24)34(31)41/h1-21H. The van der Waals surface area contributed by atoms with Crippen LogP contribution >= 0.6 is 22.7 Å². The van der Waals surface area contributed by atoms with Crippen LogP contribution in [-0.4, -0.2) is 14.5 Å². The Kier molecular flexibility index (Phi) is 4.75. The summed E-state index contributed by atoms with van der Waals surface area (Å²) in [5.74, 6) is 1.67. The second kappa shape index (κ2) is 8.71. The molecule has 0 aliphatic carbocycles. The molecule has 200 valence electrons. The van der Waals surface area contributed by atoms with Crippen molar-refractivity contribution >= 4 is 95.7 Å². The van der Waals surface area contributed by atoms with Crippen molar-refractivity contribution in [2.75, 3.05) is 0 Å². The lowest BCUT2D eigenvalue weighted by Crippen LogP contribution is -2.01. The molecule has 0 radical (unpaired) electrons. The predicted molar refractivity (Wildman–Crippen MR) is 185 cm³/mol. The van der Waals surface area contributed by atoms with Gasteiger partial charge < -0.3 is 0 Å².